The largest absolute Gasteiger partial charge is 0.495 e. The van der Waals surface area contributed by atoms with Crippen molar-refractivity contribution < 1.29 is 17.9 Å². The summed E-state index contributed by atoms with van der Waals surface area (Å²) in [5, 5.41) is 1.60. The Morgan fingerprint density at radius 2 is 1.53 bits per heavy atom. The molecule has 0 saturated heterocycles. The molecule has 0 amide bonds. The van der Waals surface area contributed by atoms with E-state index in [1.165, 1.54) is 19.8 Å². The summed E-state index contributed by atoms with van der Waals surface area (Å²) in [4.78, 5) is 0.227. The van der Waals surface area contributed by atoms with E-state index in [0.29, 0.717) is 5.92 Å². The molecule has 0 saturated carbocycles. The van der Waals surface area contributed by atoms with Crippen molar-refractivity contribution in [1.29, 1.82) is 0 Å². The highest BCUT2D eigenvalue weighted by atomic mass is 32.2. The van der Waals surface area contributed by atoms with E-state index in [-0.39, 0.29) is 21.3 Å². The average molecular weight is 475 g/mol. The molecule has 2 aromatic carbocycles. The first-order valence-electron chi connectivity index (χ1n) is 11.3. The normalized spacial score (nSPS) is 15.6. The molecule has 4 nitrogen and oxygen atoms in total. The van der Waals surface area contributed by atoms with Crippen molar-refractivity contribution in [1.82, 2.24) is 0 Å². The van der Waals surface area contributed by atoms with Gasteiger partial charge < -0.3 is 9.47 Å². The molecule has 176 valence electrons. The predicted octanol–water partition coefficient (Wildman–Crippen LogP) is 4.90. The summed E-state index contributed by atoms with van der Waals surface area (Å²) >= 11 is 0. The molecule has 0 unspecified atom stereocenters. The molecule has 0 fully saturated rings. The highest BCUT2D eigenvalue weighted by Crippen LogP contribution is 2.37. The zero-order chi connectivity index (χ0) is 24.6. The third kappa shape index (κ3) is 3.94. The minimum atomic E-state index is -3.89. The van der Waals surface area contributed by atoms with Crippen LogP contribution in [-0.2, 0) is 9.84 Å². The molecule has 2 aliphatic rings. The van der Waals surface area contributed by atoms with Gasteiger partial charge in [0.1, 0.15) is 11.5 Å². The Kier molecular flexibility index (Phi) is 6.41. The maximum Gasteiger partial charge on any atom is 0.213 e. The predicted molar refractivity (Wildman–Crippen MR) is 137 cm³/mol. The lowest BCUT2D eigenvalue weighted by molar-refractivity contribution is 0.370. The second kappa shape index (κ2) is 9.15. The van der Waals surface area contributed by atoms with Gasteiger partial charge in [-0.25, -0.2) is 8.42 Å². The average Bonchev–Trinajstić information content (AvgIpc) is 3.08. The van der Waals surface area contributed by atoms with Crippen molar-refractivity contribution in [2.24, 2.45) is 5.92 Å². The third-order valence-corrected chi connectivity index (χ3v) is 8.16. The quantitative estimate of drug-likeness (QED) is 0.619. The smallest absolute Gasteiger partial charge is 0.213 e. The molecule has 0 heterocycles. The maximum absolute atomic E-state index is 13.7. The van der Waals surface area contributed by atoms with Crippen LogP contribution >= 0.6 is 0 Å². The second-order valence-electron chi connectivity index (χ2n) is 8.84. The monoisotopic (exact) mass is 474 g/mol. The number of benzene rings is 2. The van der Waals surface area contributed by atoms with Gasteiger partial charge in [-0.3, -0.25) is 0 Å². The van der Waals surface area contributed by atoms with Crippen molar-refractivity contribution in [2.45, 2.75) is 37.5 Å². The maximum atomic E-state index is 13.7. The molecular formula is C29H30O4S. The van der Waals surface area contributed by atoms with Gasteiger partial charge in [0.2, 0.25) is 9.84 Å². The van der Waals surface area contributed by atoms with Crippen LogP contribution in [-0.4, -0.2) is 22.6 Å². The van der Waals surface area contributed by atoms with E-state index < -0.39 is 9.84 Å². The Balaban J connectivity index is 2.18. The van der Waals surface area contributed by atoms with E-state index >= 15 is 0 Å². The highest BCUT2D eigenvalue weighted by molar-refractivity contribution is 7.91. The number of rotatable bonds is 5. The van der Waals surface area contributed by atoms with Crippen LogP contribution in [0.4, 0.5) is 0 Å². The topological polar surface area (TPSA) is 52.6 Å². The number of ether oxygens (including phenoxy) is 2. The Labute approximate surface area is 201 Å². The molecule has 0 spiro atoms. The molecule has 0 aromatic heterocycles. The lowest BCUT2D eigenvalue weighted by Crippen LogP contribution is -2.31. The van der Waals surface area contributed by atoms with Gasteiger partial charge in [-0.2, -0.15) is 0 Å². The van der Waals surface area contributed by atoms with E-state index in [1.54, 1.807) is 30.3 Å². The first-order valence-corrected chi connectivity index (χ1v) is 12.8. The Morgan fingerprint density at radius 3 is 2.15 bits per heavy atom. The summed E-state index contributed by atoms with van der Waals surface area (Å²) in [6.07, 6.45) is 10.5. The van der Waals surface area contributed by atoms with Gasteiger partial charge in [-0.05, 0) is 71.0 Å². The van der Waals surface area contributed by atoms with Gasteiger partial charge in [0.25, 0.3) is 0 Å². The molecule has 2 aliphatic carbocycles. The van der Waals surface area contributed by atoms with Crippen molar-refractivity contribution in [3.63, 3.8) is 0 Å². The molecule has 0 radical (unpaired) electrons. The van der Waals surface area contributed by atoms with Crippen molar-refractivity contribution >= 4 is 21.5 Å². The Morgan fingerprint density at radius 1 is 0.853 bits per heavy atom. The van der Waals surface area contributed by atoms with Crippen molar-refractivity contribution in [2.75, 3.05) is 14.2 Å². The van der Waals surface area contributed by atoms with Crippen LogP contribution < -0.4 is 19.9 Å². The van der Waals surface area contributed by atoms with Gasteiger partial charge >= 0.3 is 0 Å². The van der Waals surface area contributed by atoms with Gasteiger partial charge in [-0.1, -0.05) is 62.4 Å². The van der Waals surface area contributed by atoms with Gasteiger partial charge in [-0.15, -0.1) is 0 Å². The standard InChI is InChI=1S/C29H30O4S/c1-18(2)21-14-12-20(4)27-24(16-21)19(3)13-15-23-25(27)17-26(32-5)29(28(23)33-6)34(30,31)22-10-8-7-9-11-22/h7-18H,1-6H3. The number of allylic oxidation sites excluding steroid dienone is 8. The number of sulfone groups is 1. The van der Waals surface area contributed by atoms with E-state index in [2.05, 4.69) is 45.9 Å². The fraction of sp³-hybridized carbons (Fsp3) is 0.241. The summed E-state index contributed by atoms with van der Waals surface area (Å²) in [6.45, 7) is 8.52. The molecule has 0 atom stereocenters. The fourth-order valence-electron chi connectivity index (χ4n) is 4.46. The molecule has 2 aromatic rings. The van der Waals surface area contributed by atoms with Crippen LogP contribution in [0.1, 0.15) is 27.7 Å². The second-order valence-corrected chi connectivity index (χ2v) is 10.7. The van der Waals surface area contributed by atoms with E-state index in [9.17, 15) is 8.42 Å². The van der Waals surface area contributed by atoms with Crippen LogP contribution in [0.3, 0.4) is 0 Å². The molecule has 0 bridgehead atoms. The minimum Gasteiger partial charge on any atom is -0.495 e. The lowest BCUT2D eigenvalue weighted by atomic mass is 9.90. The molecule has 4 rings (SSSR count). The van der Waals surface area contributed by atoms with E-state index in [4.69, 9.17) is 9.47 Å². The Hall–Kier alpha value is -3.31. The lowest BCUT2D eigenvalue weighted by Gasteiger charge is -2.17. The molecule has 5 heteroatoms. The number of hydrogen-bond acceptors (Lipinski definition) is 4. The highest BCUT2D eigenvalue weighted by Gasteiger charge is 2.29. The summed E-state index contributed by atoms with van der Waals surface area (Å²) in [6, 6.07) is 10.2. The minimum absolute atomic E-state index is 0.0361. The van der Waals surface area contributed by atoms with Gasteiger partial charge in [0.05, 0.1) is 19.1 Å². The SMILES string of the molecule is COc1cc2c(c(OC)c1S(=O)(=O)c1ccccc1)=CC=C(C)C1=CC(C(C)C)=CC=C(C)C=21. The molecular weight excluding hydrogens is 444 g/mol. The van der Waals surface area contributed by atoms with Crippen molar-refractivity contribution in [3.8, 4) is 11.5 Å². The third-order valence-electron chi connectivity index (χ3n) is 6.35. The zero-order valence-corrected chi connectivity index (χ0v) is 21.3. The van der Waals surface area contributed by atoms with Crippen LogP contribution in [0, 0.1) is 5.92 Å². The number of hydrogen-bond donors (Lipinski definition) is 0. The molecule has 0 N–H and O–H groups in total. The van der Waals surface area contributed by atoms with Crippen LogP contribution in [0.25, 0.3) is 11.6 Å². The fourth-order valence-corrected chi connectivity index (χ4v) is 6.05. The van der Waals surface area contributed by atoms with Crippen molar-refractivity contribution in [3.05, 3.63) is 93.4 Å². The molecule has 0 aliphatic heterocycles. The van der Waals surface area contributed by atoms with Gasteiger partial charge in [0, 0.05) is 5.22 Å². The Bertz CT molecular complexity index is 1500. The van der Waals surface area contributed by atoms with Crippen LogP contribution in [0.2, 0.25) is 0 Å². The number of methoxy groups -OCH3 is 2. The van der Waals surface area contributed by atoms with Gasteiger partial charge in [0.15, 0.2) is 4.90 Å². The van der Waals surface area contributed by atoms with E-state index in [1.807, 2.05) is 18.2 Å². The first kappa shape index (κ1) is 23.8. The summed E-state index contributed by atoms with van der Waals surface area (Å²) in [5.74, 6) is 0.913. The zero-order valence-electron chi connectivity index (χ0n) is 20.5. The summed E-state index contributed by atoms with van der Waals surface area (Å²) < 4.78 is 38.9. The van der Waals surface area contributed by atoms with Crippen LogP contribution in [0.15, 0.2) is 92.8 Å². The first-order chi connectivity index (χ1) is 16.2. The van der Waals surface area contributed by atoms with Crippen LogP contribution in [0.5, 0.6) is 11.5 Å². The summed E-state index contributed by atoms with van der Waals surface area (Å²) in [7, 11) is -0.898. The number of fused-ring (bicyclic) bond motifs is 2. The van der Waals surface area contributed by atoms with E-state index in [0.717, 1.165) is 32.7 Å². The summed E-state index contributed by atoms with van der Waals surface area (Å²) in [5.41, 5.74) is 5.59. The molecule has 34 heavy (non-hydrogen) atoms.